The Morgan fingerprint density at radius 3 is 2.57 bits per heavy atom. The maximum Gasteiger partial charge on any atom is 0.407 e. The SMILES string of the molecule is CCCCC(CNC(=O)OC(C)(C)C)NC(=NCc1nncn1C)NCC.I. The largest absolute Gasteiger partial charge is 0.444 e. The van der Waals surface area contributed by atoms with Gasteiger partial charge in [0.1, 0.15) is 18.5 Å². The summed E-state index contributed by atoms with van der Waals surface area (Å²) in [5, 5.41) is 17.4. The second-order valence-corrected chi connectivity index (χ2v) is 7.42. The summed E-state index contributed by atoms with van der Waals surface area (Å²) in [7, 11) is 1.89. The summed E-state index contributed by atoms with van der Waals surface area (Å²) >= 11 is 0. The first-order valence-corrected chi connectivity index (χ1v) is 9.59. The zero-order chi connectivity index (χ0) is 20.3. The Morgan fingerprint density at radius 1 is 1.32 bits per heavy atom. The molecule has 0 aromatic carbocycles. The Morgan fingerprint density at radius 2 is 2.04 bits per heavy atom. The van der Waals surface area contributed by atoms with E-state index in [1.54, 1.807) is 6.33 Å². The van der Waals surface area contributed by atoms with E-state index in [2.05, 4.69) is 38.1 Å². The van der Waals surface area contributed by atoms with E-state index in [1.165, 1.54) is 0 Å². The number of nitrogens with one attached hydrogen (secondary N) is 3. The van der Waals surface area contributed by atoms with Gasteiger partial charge >= 0.3 is 6.09 Å². The minimum absolute atomic E-state index is 0. The predicted octanol–water partition coefficient (Wildman–Crippen LogP) is 2.57. The van der Waals surface area contributed by atoms with Crippen molar-refractivity contribution in [3.05, 3.63) is 12.2 Å². The molecule has 0 spiro atoms. The van der Waals surface area contributed by atoms with E-state index in [4.69, 9.17) is 4.74 Å². The molecule has 0 radical (unpaired) electrons. The maximum atomic E-state index is 11.9. The quantitative estimate of drug-likeness (QED) is 0.269. The maximum absolute atomic E-state index is 11.9. The second-order valence-electron chi connectivity index (χ2n) is 7.42. The Balaban J connectivity index is 0.00000729. The van der Waals surface area contributed by atoms with Crippen molar-refractivity contribution in [3.8, 4) is 0 Å². The van der Waals surface area contributed by atoms with Crippen LogP contribution in [0.25, 0.3) is 0 Å². The lowest BCUT2D eigenvalue weighted by atomic mass is 10.1. The number of carbonyl (C=O) groups excluding carboxylic acids is 1. The highest BCUT2D eigenvalue weighted by atomic mass is 127. The van der Waals surface area contributed by atoms with Crippen molar-refractivity contribution < 1.29 is 9.53 Å². The normalized spacial score (nSPS) is 12.7. The minimum atomic E-state index is -0.511. The van der Waals surface area contributed by atoms with Crippen molar-refractivity contribution in [2.75, 3.05) is 13.1 Å². The Labute approximate surface area is 185 Å². The zero-order valence-corrected chi connectivity index (χ0v) is 20.2. The third-order valence-electron chi connectivity index (χ3n) is 3.67. The van der Waals surface area contributed by atoms with E-state index in [1.807, 2.05) is 39.3 Å². The molecule has 0 aliphatic carbocycles. The molecule has 3 N–H and O–H groups in total. The number of hydrogen-bond acceptors (Lipinski definition) is 5. The average Bonchev–Trinajstić information content (AvgIpc) is 2.98. The van der Waals surface area contributed by atoms with Gasteiger partial charge in [-0.2, -0.15) is 0 Å². The number of hydrogen-bond donors (Lipinski definition) is 3. The number of rotatable bonds is 9. The monoisotopic (exact) mass is 509 g/mol. The van der Waals surface area contributed by atoms with Gasteiger partial charge in [0.25, 0.3) is 0 Å². The van der Waals surface area contributed by atoms with Gasteiger partial charge in [0.2, 0.25) is 0 Å². The fraction of sp³-hybridized carbons (Fsp3) is 0.778. The highest BCUT2D eigenvalue weighted by Crippen LogP contribution is 2.07. The number of nitrogens with zero attached hydrogens (tertiary/aromatic N) is 4. The van der Waals surface area contributed by atoms with Crippen LogP contribution < -0.4 is 16.0 Å². The van der Waals surface area contributed by atoms with E-state index in [0.29, 0.717) is 19.0 Å². The third kappa shape index (κ3) is 11.3. The van der Waals surface area contributed by atoms with Gasteiger partial charge in [0, 0.05) is 26.2 Å². The molecule has 1 amide bonds. The molecule has 1 rings (SSSR count). The van der Waals surface area contributed by atoms with Gasteiger partial charge in [-0.1, -0.05) is 19.8 Å². The molecule has 28 heavy (non-hydrogen) atoms. The summed E-state index contributed by atoms with van der Waals surface area (Å²) in [4.78, 5) is 16.5. The Bertz CT molecular complexity index is 599. The number of carbonyl (C=O) groups is 1. The predicted molar refractivity (Wildman–Crippen MR) is 122 cm³/mol. The van der Waals surface area contributed by atoms with Gasteiger partial charge in [-0.15, -0.1) is 34.2 Å². The van der Waals surface area contributed by atoms with Crippen molar-refractivity contribution in [2.24, 2.45) is 12.0 Å². The molecule has 0 saturated heterocycles. The standard InChI is InChI=1S/C18H35N7O2.HI/c1-7-9-10-14(11-21-17(26)27-18(3,4)5)23-16(19-8-2)20-12-15-24-22-13-25(15)6;/h13-14H,7-12H2,1-6H3,(H,21,26)(H2,19,20,23);1H. The summed E-state index contributed by atoms with van der Waals surface area (Å²) in [6.07, 6.45) is 4.29. The number of halogens is 1. The molecule has 9 nitrogen and oxygen atoms in total. The minimum Gasteiger partial charge on any atom is -0.444 e. The van der Waals surface area contributed by atoms with Crippen LogP contribution in [-0.2, 0) is 18.3 Å². The smallest absolute Gasteiger partial charge is 0.407 e. The molecule has 0 bridgehead atoms. The number of aliphatic imine (C=N–C) groups is 1. The van der Waals surface area contributed by atoms with Gasteiger partial charge in [0.15, 0.2) is 11.8 Å². The first-order chi connectivity index (χ1) is 12.7. The Hall–Kier alpha value is -1.59. The van der Waals surface area contributed by atoms with Crippen LogP contribution in [0.1, 0.15) is 59.7 Å². The van der Waals surface area contributed by atoms with Crippen LogP contribution in [0.15, 0.2) is 11.3 Å². The Kier molecular flexibility index (Phi) is 12.8. The molecule has 1 aromatic rings. The zero-order valence-electron chi connectivity index (χ0n) is 17.9. The van der Waals surface area contributed by atoms with E-state index < -0.39 is 11.7 Å². The highest BCUT2D eigenvalue weighted by Gasteiger charge is 2.18. The van der Waals surface area contributed by atoms with Crippen molar-refractivity contribution >= 4 is 36.0 Å². The molecule has 1 atom stereocenters. The van der Waals surface area contributed by atoms with E-state index in [9.17, 15) is 4.79 Å². The summed E-state index contributed by atoms with van der Waals surface area (Å²) < 4.78 is 7.15. The van der Waals surface area contributed by atoms with Crippen molar-refractivity contribution in [2.45, 2.75) is 72.1 Å². The number of ether oxygens (including phenoxy) is 1. The first-order valence-electron chi connectivity index (χ1n) is 9.59. The molecule has 10 heteroatoms. The van der Waals surface area contributed by atoms with Gasteiger partial charge in [-0.25, -0.2) is 9.79 Å². The summed E-state index contributed by atoms with van der Waals surface area (Å²) in [5.74, 6) is 1.47. The molecular weight excluding hydrogens is 473 g/mol. The summed E-state index contributed by atoms with van der Waals surface area (Å²) in [6.45, 7) is 11.3. The van der Waals surface area contributed by atoms with Crippen molar-refractivity contribution in [1.82, 2.24) is 30.7 Å². The molecule has 1 heterocycles. The molecule has 1 unspecified atom stereocenters. The van der Waals surface area contributed by atoms with Crippen LogP contribution >= 0.6 is 24.0 Å². The van der Waals surface area contributed by atoms with Gasteiger partial charge in [-0.05, 0) is 34.1 Å². The van der Waals surface area contributed by atoms with E-state index >= 15 is 0 Å². The van der Waals surface area contributed by atoms with Crippen LogP contribution in [0.2, 0.25) is 0 Å². The van der Waals surface area contributed by atoms with E-state index in [0.717, 1.165) is 31.6 Å². The van der Waals surface area contributed by atoms with Crippen LogP contribution in [0.4, 0.5) is 4.79 Å². The molecular formula is C18H36IN7O2. The molecule has 0 saturated carbocycles. The summed E-state index contributed by atoms with van der Waals surface area (Å²) in [5.41, 5.74) is -0.511. The molecule has 0 aliphatic rings. The number of alkyl carbamates (subject to hydrolysis) is 1. The first kappa shape index (κ1) is 26.4. The topological polar surface area (TPSA) is 105 Å². The number of amides is 1. The lowest BCUT2D eigenvalue weighted by Gasteiger charge is -2.24. The van der Waals surface area contributed by atoms with Crippen LogP contribution in [0.5, 0.6) is 0 Å². The molecule has 162 valence electrons. The number of unbranched alkanes of at least 4 members (excludes halogenated alkanes) is 1. The van der Waals surface area contributed by atoms with Crippen molar-refractivity contribution in [1.29, 1.82) is 0 Å². The molecule has 0 aliphatic heterocycles. The highest BCUT2D eigenvalue weighted by molar-refractivity contribution is 14.0. The number of guanidine groups is 1. The fourth-order valence-electron chi connectivity index (χ4n) is 2.31. The van der Waals surface area contributed by atoms with Gasteiger partial charge in [0.05, 0.1) is 0 Å². The second kappa shape index (κ2) is 13.6. The van der Waals surface area contributed by atoms with Crippen molar-refractivity contribution in [3.63, 3.8) is 0 Å². The van der Waals surface area contributed by atoms with Crippen LogP contribution in [-0.4, -0.2) is 51.5 Å². The van der Waals surface area contributed by atoms with Gasteiger partial charge in [-0.3, -0.25) is 0 Å². The molecule has 1 aromatic heterocycles. The summed E-state index contributed by atoms with van der Waals surface area (Å²) in [6, 6.07) is 0.0507. The lowest BCUT2D eigenvalue weighted by molar-refractivity contribution is 0.0523. The lowest BCUT2D eigenvalue weighted by Crippen LogP contribution is -2.49. The molecule has 0 fully saturated rings. The number of aryl methyl sites for hydroxylation is 1. The van der Waals surface area contributed by atoms with E-state index in [-0.39, 0.29) is 30.0 Å². The van der Waals surface area contributed by atoms with Crippen LogP contribution in [0, 0.1) is 0 Å². The number of aromatic nitrogens is 3. The fourth-order valence-corrected chi connectivity index (χ4v) is 2.31. The van der Waals surface area contributed by atoms with Crippen LogP contribution in [0.3, 0.4) is 0 Å². The van der Waals surface area contributed by atoms with Gasteiger partial charge < -0.3 is 25.3 Å². The average molecular weight is 509 g/mol. The third-order valence-corrected chi connectivity index (χ3v) is 3.67.